The van der Waals surface area contributed by atoms with Crippen molar-refractivity contribution in [2.75, 3.05) is 19.3 Å². The molecule has 10 heteroatoms. The Hall–Kier alpha value is -3.53. The van der Waals surface area contributed by atoms with Gasteiger partial charge in [-0.3, -0.25) is 5.32 Å². The lowest BCUT2D eigenvalue weighted by molar-refractivity contribution is 0.160. The SMILES string of the molecule is C/C=C\N(C)C1NCC(=CN)C(=NC(F)F)c2cnc(N)c(c2)OC(C)c2cc(F)ccc21. The molecular weight excluding hydrogens is 433 g/mol. The summed E-state index contributed by atoms with van der Waals surface area (Å²) in [5.41, 5.74) is 13.7. The van der Waals surface area contributed by atoms with Crippen LogP contribution in [0.3, 0.4) is 0 Å². The first-order valence-corrected chi connectivity index (χ1v) is 10.3. The number of rotatable bonds is 3. The zero-order chi connectivity index (χ0) is 24.1. The van der Waals surface area contributed by atoms with Crippen LogP contribution in [0.2, 0.25) is 0 Å². The fourth-order valence-corrected chi connectivity index (χ4v) is 3.74. The van der Waals surface area contributed by atoms with Crippen LogP contribution < -0.4 is 21.5 Å². The highest BCUT2D eigenvalue weighted by Crippen LogP contribution is 2.33. The molecule has 0 saturated heterocycles. The number of allylic oxidation sites excluding steroid dienone is 1. The quantitative estimate of drug-likeness (QED) is 0.601. The van der Waals surface area contributed by atoms with Crippen LogP contribution in [0.5, 0.6) is 5.75 Å². The number of benzene rings is 1. The molecule has 2 heterocycles. The average molecular weight is 461 g/mol. The highest BCUT2D eigenvalue weighted by Gasteiger charge is 2.25. The number of nitrogen functional groups attached to an aromatic ring is 1. The Morgan fingerprint density at radius 3 is 2.73 bits per heavy atom. The summed E-state index contributed by atoms with van der Waals surface area (Å²) >= 11 is 0. The monoisotopic (exact) mass is 460 g/mol. The van der Waals surface area contributed by atoms with Gasteiger partial charge in [-0.2, -0.15) is 8.78 Å². The molecule has 1 aromatic carbocycles. The van der Waals surface area contributed by atoms with Gasteiger partial charge in [-0.1, -0.05) is 12.1 Å². The van der Waals surface area contributed by atoms with Gasteiger partial charge in [0.2, 0.25) is 0 Å². The van der Waals surface area contributed by atoms with E-state index in [4.69, 9.17) is 16.2 Å². The van der Waals surface area contributed by atoms with Crippen molar-refractivity contribution in [2.45, 2.75) is 32.7 Å². The molecule has 1 aromatic heterocycles. The third-order valence-electron chi connectivity index (χ3n) is 5.25. The van der Waals surface area contributed by atoms with Crippen LogP contribution in [0.15, 0.2) is 59.5 Å². The summed E-state index contributed by atoms with van der Waals surface area (Å²) in [5.74, 6) is -0.186. The molecule has 1 aliphatic heterocycles. The van der Waals surface area contributed by atoms with Crippen molar-refractivity contribution in [3.8, 4) is 5.75 Å². The molecule has 0 spiro atoms. The van der Waals surface area contributed by atoms with E-state index in [0.717, 1.165) is 5.56 Å². The van der Waals surface area contributed by atoms with Gasteiger partial charge in [-0.15, -0.1) is 0 Å². The number of fused-ring (bicyclic) bond motifs is 3. The molecule has 0 fully saturated rings. The van der Waals surface area contributed by atoms with Crippen LogP contribution in [-0.2, 0) is 0 Å². The summed E-state index contributed by atoms with van der Waals surface area (Å²) in [7, 11) is 1.84. The summed E-state index contributed by atoms with van der Waals surface area (Å²) in [6.45, 7) is 0.751. The van der Waals surface area contributed by atoms with E-state index < -0.39 is 24.6 Å². The zero-order valence-corrected chi connectivity index (χ0v) is 18.6. The normalized spacial score (nSPS) is 21.5. The molecule has 33 heavy (non-hydrogen) atoms. The number of hydrogen-bond donors (Lipinski definition) is 3. The standard InChI is InChI=1S/C23H27F3N6O/c1-4-7-32(3)22-17-6-5-16(24)9-18(17)13(2)33-19-8-14(11-29-21(19)28)20(31-23(25)26)15(10-27)12-30-22/h4-11,13,22-23,30H,12,27H2,1-3H3,(H2,28,29)/b7-4-,15-10?,31-20?. The van der Waals surface area contributed by atoms with Crippen molar-refractivity contribution in [1.82, 2.24) is 15.2 Å². The van der Waals surface area contributed by atoms with Crippen molar-refractivity contribution >= 4 is 11.5 Å². The first-order valence-electron chi connectivity index (χ1n) is 10.3. The van der Waals surface area contributed by atoms with Crippen molar-refractivity contribution in [1.29, 1.82) is 0 Å². The first kappa shape index (κ1) is 24.1. The van der Waals surface area contributed by atoms with Crippen LogP contribution >= 0.6 is 0 Å². The largest absolute Gasteiger partial charge is 0.482 e. The Kier molecular flexibility index (Phi) is 7.59. The number of halogens is 3. The molecule has 2 atom stereocenters. The van der Waals surface area contributed by atoms with Crippen LogP contribution in [0.4, 0.5) is 19.0 Å². The van der Waals surface area contributed by atoms with Crippen LogP contribution in [0, 0.1) is 5.82 Å². The number of nitrogens with zero attached hydrogens (tertiary/aromatic N) is 3. The topological polar surface area (TPSA) is 102 Å². The Labute approximate surface area is 190 Å². The van der Waals surface area contributed by atoms with Gasteiger partial charge < -0.3 is 21.1 Å². The minimum absolute atomic E-state index is 0.0302. The molecule has 0 radical (unpaired) electrons. The Morgan fingerprint density at radius 1 is 1.30 bits per heavy atom. The highest BCUT2D eigenvalue weighted by atomic mass is 19.3. The molecule has 1 aliphatic rings. The van der Waals surface area contributed by atoms with Crippen molar-refractivity contribution < 1.29 is 17.9 Å². The van der Waals surface area contributed by atoms with E-state index >= 15 is 0 Å². The van der Waals surface area contributed by atoms with Gasteiger partial charge in [0.25, 0.3) is 0 Å². The molecule has 2 unspecified atom stereocenters. The summed E-state index contributed by atoms with van der Waals surface area (Å²) in [5, 5.41) is 3.32. The van der Waals surface area contributed by atoms with Crippen molar-refractivity contribution in [3.63, 3.8) is 0 Å². The van der Waals surface area contributed by atoms with E-state index in [0.29, 0.717) is 11.1 Å². The van der Waals surface area contributed by atoms with Gasteiger partial charge in [0, 0.05) is 42.7 Å². The van der Waals surface area contributed by atoms with Gasteiger partial charge in [-0.25, -0.2) is 14.4 Å². The number of nitrogens with one attached hydrogen (secondary N) is 1. The van der Waals surface area contributed by atoms with E-state index in [-0.39, 0.29) is 29.4 Å². The Morgan fingerprint density at radius 2 is 2.06 bits per heavy atom. The van der Waals surface area contributed by atoms with Gasteiger partial charge in [0.15, 0.2) is 11.6 Å². The molecule has 2 bridgehead atoms. The van der Waals surface area contributed by atoms with E-state index in [1.165, 1.54) is 30.6 Å². The maximum atomic E-state index is 14.2. The predicted molar refractivity (Wildman–Crippen MR) is 122 cm³/mol. The molecular formula is C23H27F3N6O. The maximum Gasteiger partial charge on any atom is 0.332 e. The van der Waals surface area contributed by atoms with Crippen LogP contribution in [-0.4, -0.2) is 35.7 Å². The highest BCUT2D eigenvalue weighted by molar-refractivity contribution is 6.13. The molecule has 5 N–H and O–H groups in total. The Balaban J connectivity index is 2.24. The number of alkyl halides is 2. The number of hydrogen-bond acceptors (Lipinski definition) is 7. The van der Waals surface area contributed by atoms with E-state index in [9.17, 15) is 13.2 Å². The zero-order valence-electron chi connectivity index (χ0n) is 18.6. The minimum Gasteiger partial charge on any atom is -0.482 e. The number of aromatic nitrogens is 1. The summed E-state index contributed by atoms with van der Waals surface area (Å²) in [6.07, 6.45) is 5.16. The second-order valence-corrected chi connectivity index (χ2v) is 7.52. The molecule has 7 nitrogen and oxygen atoms in total. The summed E-state index contributed by atoms with van der Waals surface area (Å²) in [4.78, 5) is 9.44. The summed E-state index contributed by atoms with van der Waals surface area (Å²) < 4.78 is 46.9. The van der Waals surface area contributed by atoms with Gasteiger partial charge >= 0.3 is 6.55 Å². The van der Waals surface area contributed by atoms with Gasteiger partial charge in [0.05, 0.1) is 5.71 Å². The van der Waals surface area contributed by atoms with E-state index in [2.05, 4.69) is 15.3 Å². The van der Waals surface area contributed by atoms with E-state index in [1.807, 2.05) is 31.1 Å². The lowest BCUT2D eigenvalue weighted by Crippen LogP contribution is -2.36. The molecule has 0 saturated carbocycles. The fourth-order valence-electron chi connectivity index (χ4n) is 3.74. The molecule has 3 rings (SSSR count). The van der Waals surface area contributed by atoms with Crippen molar-refractivity contribution in [3.05, 3.63) is 77.0 Å². The molecule has 176 valence electrons. The fraction of sp³-hybridized carbons (Fsp3) is 0.304. The van der Waals surface area contributed by atoms with Crippen molar-refractivity contribution in [2.24, 2.45) is 10.7 Å². The van der Waals surface area contributed by atoms with Crippen LogP contribution in [0.1, 0.15) is 42.8 Å². The van der Waals surface area contributed by atoms with Gasteiger partial charge in [-0.05, 0) is 43.8 Å². The van der Waals surface area contributed by atoms with Crippen LogP contribution in [0.25, 0.3) is 0 Å². The number of ether oxygens (including phenoxy) is 1. The smallest absolute Gasteiger partial charge is 0.332 e. The maximum absolute atomic E-state index is 14.2. The Bertz CT molecular complexity index is 1090. The lowest BCUT2D eigenvalue weighted by atomic mass is 9.98. The van der Waals surface area contributed by atoms with Gasteiger partial charge in [0.1, 0.15) is 18.1 Å². The number of aliphatic imine (C=N–C) groups is 1. The molecule has 0 amide bonds. The molecule has 2 aromatic rings. The predicted octanol–water partition coefficient (Wildman–Crippen LogP) is 3.86. The lowest BCUT2D eigenvalue weighted by Gasteiger charge is -2.32. The second-order valence-electron chi connectivity index (χ2n) is 7.52. The second kappa shape index (κ2) is 10.4. The third-order valence-corrected chi connectivity index (χ3v) is 5.25. The number of pyridine rings is 1. The summed E-state index contributed by atoms with van der Waals surface area (Å²) in [6, 6.07) is 5.90. The number of nitrogens with two attached hydrogens (primary N) is 2. The molecule has 0 aliphatic carbocycles. The number of anilines is 1. The van der Waals surface area contributed by atoms with E-state index in [1.54, 1.807) is 13.0 Å². The average Bonchev–Trinajstić information content (AvgIpc) is 2.77. The minimum atomic E-state index is -2.96. The first-order chi connectivity index (χ1) is 15.7. The third kappa shape index (κ3) is 5.46.